The molecule has 0 saturated carbocycles. The summed E-state index contributed by atoms with van der Waals surface area (Å²) in [4.78, 5) is 2.38. The van der Waals surface area contributed by atoms with Crippen LogP contribution < -0.4 is 15.2 Å². The zero-order chi connectivity index (χ0) is 15.0. The molecule has 0 aliphatic carbocycles. The summed E-state index contributed by atoms with van der Waals surface area (Å²) >= 11 is 0. The molecule has 114 valence electrons. The van der Waals surface area contributed by atoms with Gasteiger partial charge in [0.15, 0.2) is 11.5 Å². The van der Waals surface area contributed by atoms with Crippen molar-refractivity contribution in [2.45, 2.75) is 32.7 Å². The monoisotopic (exact) mass is 280 g/mol. The molecule has 0 aromatic heterocycles. The molecule has 0 atom stereocenters. The van der Waals surface area contributed by atoms with E-state index < -0.39 is 0 Å². The van der Waals surface area contributed by atoms with Crippen molar-refractivity contribution in [1.29, 1.82) is 0 Å². The SMILES string of the molecule is CCCN(CCOc1ccccc1OC)C(C)(C)CN. The highest BCUT2D eigenvalue weighted by molar-refractivity contribution is 5.39. The molecule has 20 heavy (non-hydrogen) atoms. The van der Waals surface area contributed by atoms with Crippen LogP contribution in [-0.2, 0) is 0 Å². The second kappa shape index (κ2) is 8.12. The summed E-state index contributed by atoms with van der Waals surface area (Å²) in [6.07, 6.45) is 1.11. The van der Waals surface area contributed by atoms with Gasteiger partial charge in [0.25, 0.3) is 0 Å². The first-order valence-corrected chi connectivity index (χ1v) is 7.26. The van der Waals surface area contributed by atoms with Crippen LogP contribution in [0.25, 0.3) is 0 Å². The number of hydrogen-bond donors (Lipinski definition) is 1. The predicted molar refractivity (Wildman–Crippen MR) is 83.5 cm³/mol. The Balaban J connectivity index is 2.56. The number of hydrogen-bond acceptors (Lipinski definition) is 4. The molecule has 4 nitrogen and oxygen atoms in total. The van der Waals surface area contributed by atoms with Gasteiger partial charge in [-0.1, -0.05) is 19.1 Å². The molecule has 4 heteroatoms. The molecule has 0 radical (unpaired) electrons. The van der Waals surface area contributed by atoms with Crippen molar-refractivity contribution in [1.82, 2.24) is 4.90 Å². The summed E-state index contributed by atoms with van der Waals surface area (Å²) in [7, 11) is 1.66. The van der Waals surface area contributed by atoms with Crippen LogP contribution in [-0.4, -0.2) is 43.8 Å². The lowest BCUT2D eigenvalue weighted by atomic mass is 10.0. The molecular weight excluding hydrogens is 252 g/mol. The number of nitrogens with zero attached hydrogens (tertiary/aromatic N) is 1. The Bertz CT molecular complexity index is 394. The van der Waals surface area contributed by atoms with Crippen molar-refractivity contribution in [3.8, 4) is 11.5 Å². The summed E-state index contributed by atoms with van der Waals surface area (Å²) in [6.45, 7) is 9.68. The van der Waals surface area contributed by atoms with Gasteiger partial charge < -0.3 is 15.2 Å². The van der Waals surface area contributed by atoms with Crippen LogP contribution in [0.15, 0.2) is 24.3 Å². The second-order valence-electron chi connectivity index (χ2n) is 5.50. The minimum Gasteiger partial charge on any atom is -0.493 e. The highest BCUT2D eigenvalue weighted by Crippen LogP contribution is 2.25. The van der Waals surface area contributed by atoms with Gasteiger partial charge in [0.1, 0.15) is 6.61 Å². The average Bonchev–Trinajstić information content (AvgIpc) is 2.46. The Morgan fingerprint density at radius 1 is 1.15 bits per heavy atom. The molecule has 0 bridgehead atoms. The summed E-state index contributed by atoms with van der Waals surface area (Å²) in [5.74, 6) is 1.56. The number of benzene rings is 1. The van der Waals surface area contributed by atoms with Crippen molar-refractivity contribution < 1.29 is 9.47 Å². The maximum atomic E-state index is 5.86. The van der Waals surface area contributed by atoms with E-state index in [-0.39, 0.29) is 5.54 Å². The molecule has 0 amide bonds. The Morgan fingerprint density at radius 3 is 2.35 bits per heavy atom. The number of rotatable bonds is 9. The first-order valence-electron chi connectivity index (χ1n) is 7.26. The third-order valence-electron chi connectivity index (χ3n) is 3.54. The van der Waals surface area contributed by atoms with Crippen LogP contribution in [0.4, 0.5) is 0 Å². The van der Waals surface area contributed by atoms with Crippen LogP contribution in [0.3, 0.4) is 0 Å². The smallest absolute Gasteiger partial charge is 0.161 e. The van der Waals surface area contributed by atoms with Crippen LogP contribution >= 0.6 is 0 Å². The van der Waals surface area contributed by atoms with E-state index in [1.165, 1.54) is 0 Å². The Kier molecular flexibility index (Phi) is 6.82. The normalized spacial score (nSPS) is 11.7. The quantitative estimate of drug-likeness (QED) is 0.755. The van der Waals surface area contributed by atoms with Gasteiger partial charge in [0.2, 0.25) is 0 Å². The van der Waals surface area contributed by atoms with E-state index in [1.807, 2.05) is 24.3 Å². The summed E-state index contributed by atoms with van der Waals surface area (Å²) in [5, 5.41) is 0. The van der Waals surface area contributed by atoms with Crippen molar-refractivity contribution in [2.24, 2.45) is 5.73 Å². The van der Waals surface area contributed by atoms with Crippen LogP contribution in [0.2, 0.25) is 0 Å². The zero-order valence-electron chi connectivity index (χ0n) is 13.2. The maximum absolute atomic E-state index is 5.86. The summed E-state index contributed by atoms with van der Waals surface area (Å²) in [5.41, 5.74) is 5.86. The first-order chi connectivity index (χ1) is 9.55. The summed E-state index contributed by atoms with van der Waals surface area (Å²) < 4.78 is 11.1. The lowest BCUT2D eigenvalue weighted by Crippen LogP contribution is -2.51. The number of methoxy groups -OCH3 is 1. The van der Waals surface area contributed by atoms with Crippen LogP contribution in [0.1, 0.15) is 27.2 Å². The molecule has 1 rings (SSSR count). The van der Waals surface area contributed by atoms with Gasteiger partial charge in [-0.2, -0.15) is 0 Å². The van der Waals surface area contributed by atoms with E-state index in [9.17, 15) is 0 Å². The molecule has 1 aromatic rings. The van der Waals surface area contributed by atoms with Crippen LogP contribution in [0, 0.1) is 0 Å². The molecule has 0 aliphatic rings. The molecule has 0 spiro atoms. The minimum atomic E-state index is 0.000143. The van der Waals surface area contributed by atoms with Crippen LogP contribution in [0.5, 0.6) is 11.5 Å². The van der Waals surface area contributed by atoms with Crippen molar-refractivity contribution in [3.05, 3.63) is 24.3 Å². The molecule has 2 N–H and O–H groups in total. The molecule has 1 aromatic carbocycles. The highest BCUT2D eigenvalue weighted by atomic mass is 16.5. The Hall–Kier alpha value is -1.26. The lowest BCUT2D eigenvalue weighted by Gasteiger charge is -2.37. The Morgan fingerprint density at radius 2 is 1.80 bits per heavy atom. The van der Waals surface area contributed by atoms with Crippen molar-refractivity contribution in [2.75, 3.05) is 33.4 Å². The summed E-state index contributed by atoms with van der Waals surface area (Å²) in [6, 6.07) is 7.72. The van der Waals surface area contributed by atoms with E-state index in [4.69, 9.17) is 15.2 Å². The molecule has 0 unspecified atom stereocenters. The fourth-order valence-corrected chi connectivity index (χ4v) is 2.12. The predicted octanol–water partition coefficient (Wildman–Crippen LogP) is 2.52. The highest BCUT2D eigenvalue weighted by Gasteiger charge is 2.24. The number of ether oxygens (including phenoxy) is 2. The third kappa shape index (κ3) is 4.69. The van der Waals surface area contributed by atoms with Crippen molar-refractivity contribution >= 4 is 0 Å². The third-order valence-corrected chi connectivity index (χ3v) is 3.54. The van der Waals surface area contributed by atoms with Gasteiger partial charge in [-0.3, -0.25) is 4.90 Å². The second-order valence-corrected chi connectivity index (χ2v) is 5.50. The van der Waals surface area contributed by atoms with Gasteiger partial charge in [-0.05, 0) is 38.9 Å². The molecule has 0 saturated heterocycles. The van der Waals surface area contributed by atoms with E-state index in [2.05, 4.69) is 25.7 Å². The fraction of sp³-hybridized carbons (Fsp3) is 0.625. The first kappa shape index (κ1) is 16.8. The van der Waals surface area contributed by atoms with Gasteiger partial charge in [-0.25, -0.2) is 0 Å². The van der Waals surface area contributed by atoms with Gasteiger partial charge in [-0.15, -0.1) is 0 Å². The van der Waals surface area contributed by atoms with E-state index >= 15 is 0 Å². The standard InChI is InChI=1S/C16H28N2O2/c1-5-10-18(16(2,3)13-17)11-12-20-15-9-7-6-8-14(15)19-4/h6-9H,5,10-13,17H2,1-4H3. The van der Waals surface area contributed by atoms with E-state index in [0.717, 1.165) is 31.0 Å². The number of para-hydroxylation sites is 2. The lowest BCUT2D eigenvalue weighted by molar-refractivity contribution is 0.104. The maximum Gasteiger partial charge on any atom is 0.161 e. The average molecular weight is 280 g/mol. The molecule has 0 fully saturated rings. The van der Waals surface area contributed by atoms with E-state index in [1.54, 1.807) is 7.11 Å². The fourth-order valence-electron chi connectivity index (χ4n) is 2.12. The van der Waals surface area contributed by atoms with Gasteiger partial charge in [0, 0.05) is 18.6 Å². The van der Waals surface area contributed by atoms with Gasteiger partial charge >= 0.3 is 0 Å². The Labute approximate surface area is 122 Å². The minimum absolute atomic E-state index is 0.000143. The van der Waals surface area contributed by atoms with E-state index in [0.29, 0.717) is 13.2 Å². The molecule has 0 heterocycles. The molecular formula is C16H28N2O2. The topological polar surface area (TPSA) is 47.7 Å². The van der Waals surface area contributed by atoms with Crippen molar-refractivity contribution in [3.63, 3.8) is 0 Å². The number of nitrogens with two attached hydrogens (primary N) is 1. The zero-order valence-corrected chi connectivity index (χ0v) is 13.2. The molecule has 0 aliphatic heterocycles. The van der Waals surface area contributed by atoms with Gasteiger partial charge in [0.05, 0.1) is 7.11 Å². The largest absolute Gasteiger partial charge is 0.493 e.